The molecular weight excluding hydrogens is 232 g/mol. The minimum absolute atomic E-state index is 0.0977. The van der Waals surface area contributed by atoms with Crippen LogP contribution in [-0.2, 0) is 11.2 Å². The number of ether oxygens (including phenoxy) is 1. The standard InChI is InChI=1S/C13H14N2O3/c1-3-17-13(16)12-14-11(15-18-12)8-10-6-4-5-9(2)7-10/h4-7H,3,8H2,1-2H3. The normalized spacial score (nSPS) is 10.3. The van der Waals surface area contributed by atoms with Crippen LogP contribution in [0, 0.1) is 6.92 Å². The number of rotatable bonds is 4. The van der Waals surface area contributed by atoms with Gasteiger partial charge in [0.25, 0.3) is 0 Å². The molecule has 1 aromatic carbocycles. The van der Waals surface area contributed by atoms with E-state index in [4.69, 9.17) is 9.26 Å². The third kappa shape index (κ3) is 2.94. The minimum atomic E-state index is -0.583. The lowest BCUT2D eigenvalue weighted by molar-refractivity contribution is 0.0470. The number of esters is 1. The SMILES string of the molecule is CCOC(=O)c1nc(Cc2cccc(C)c2)no1. The Bertz CT molecular complexity index is 549. The predicted molar refractivity (Wildman–Crippen MR) is 64.2 cm³/mol. The molecule has 0 unspecified atom stereocenters. The summed E-state index contributed by atoms with van der Waals surface area (Å²) in [6, 6.07) is 8.01. The van der Waals surface area contributed by atoms with Crippen LogP contribution in [0.4, 0.5) is 0 Å². The first-order chi connectivity index (χ1) is 8.69. The maximum absolute atomic E-state index is 11.3. The summed E-state index contributed by atoms with van der Waals surface area (Å²) >= 11 is 0. The van der Waals surface area contributed by atoms with E-state index in [0.717, 1.165) is 5.56 Å². The number of hydrogen-bond acceptors (Lipinski definition) is 5. The Kier molecular flexibility index (Phi) is 3.72. The molecule has 0 aliphatic rings. The molecule has 94 valence electrons. The van der Waals surface area contributed by atoms with E-state index in [9.17, 15) is 4.79 Å². The highest BCUT2D eigenvalue weighted by Crippen LogP contribution is 2.09. The highest BCUT2D eigenvalue weighted by molar-refractivity contribution is 5.83. The lowest BCUT2D eigenvalue weighted by atomic mass is 10.1. The maximum Gasteiger partial charge on any atom is 0.397 e. The van der Waals surface area contributed by atoms with Crippen molar-refractivity contribution in [3.05, 3.63) is 47.1 Å². The van der Waals surface area contributed by atoms with Gasteiger partial charge in [-0.25, -0.2) is 4.79 Å². The van der Waals surface area contributed by atoms with Crippen molar-refractivity contribution in [2.24, 2.45) is 0 Å². The molecule has 1 heterocycles. The third-order valence-electron chi connectivity index (χ3n) is 2.36. The van der Waals surface area contributed by atoms with E-state index in [0.29, 0.717) is 12.2 Å². The van der Waals surface area contributed by atoms with Crippen molar-refractivity contribution >= 4 is 5.97 Å². The molecule has 2 rings (SSSR count). The second-order valence-electron chi connectivity index (χ2n) is 3.90. The molecule has 0 aliphatic heterocycles. The van der Waals surface area contributed by atoms with Crippen LogP contribution in [0.15, 0.2) is 28.8 Å². The molecule has 18 heavy (non-hydrogen) atoms. The molecule has 5 heteroatoms. The summed E-state index contributed by atoms with van der Waals surface area (Å²) in [5.74, 6) is -0.205. The fourth-order valence-electron chi connectivity index (χ4n) is 1.61. The van der Waals surface area contributed by atoms with E-state index in [1.54, 1.807) is 6.92 Å². The maximum atomic E-state index is 11.3. The van der Waals surface area contributed by atoms with E-state index < -0.39 is 5.97 Å². The Morgan fingerprint density at radius 2 is 2.28 bits per heavy atom. The number of aromatic nitrogens is 2. The Hall–Kier alpha value is -2.17. The van der Waals surface area contributed by atoms with Gasteiger partial charge in [-0.3, -0.25) is 0 Å². The summed E-state index contributed by atoms with van der Waals surface area (Å²) < 4.78 is 9.62. The fraction of sp³-hybridized carbons (Fsp3) is 0.308. The number of aryl methyl sites for hydroxylation is 1. The van der Waals surface area contributed by atoms with Gasteiger partial charge >= 0.3 is 11.9 Å². The predicted octanol–water partition coefficient (Wildman–Crippen LogP) is 2.15. The summed E-state index contributed by atoms with van der Waals surface area (Å²) in [6.07, 6.45) is 0.532. The minimum Gasteiger partial charge on any atom is -0.459 e. The molecule has 0 N–H and O–H groups in total. The van der Waals surface area contributed by atoms with E-state index in [1.165, 1.54) is 5.56 Å². The summed E-state index contributed by atoms with van der Waals surface area (Å²) in [7, 11) is 0. The molecule has 1 aromatic heterocycles. The second-order valence-corrected chi connectivity index (χ2v) is 3.90. The van der Waals surface area contributed by atoms with Crippen molar-refractivity contribution < 1.29 is 14.1 Å². The van der Waals surface area contributed by atoms with Gasteiger partial charge < -0.3 is 9.26 Å². The smallest absolute Gasteiger partial charge is 0.397 e. The first kappa shape index (κ1) is 12.3. The number of hydrogen-bond donors (Lipinski definition) is 0. The zero-order valence-electron chi connectivity index (χ0n) is 10.3. The van der Waals surface area contributed by atoms with Crippen molar-refractivity contribution in [3.8, 4) is 0 Å². The van der Waals surface area contributed by atoms with Gasteiger partial charge in [0.05, 0.1) is 6.61 Å². The molecule has 0 aliphatic carbocycles. The summed E-state index contributed by atoms with van der Waals surface area (Å²) in [5, 5.41) is 3.76. The average Bonchev–Trinajstić information content (AvgIpc) is 2.78. The van der Waals surface area contributed by atoms with Crippen LogP contribution in [0.25, 0.3) is 0 Å². The monoisotopic (exact) mass is 246 g/mol. The molecule has 0 saturated heterocycles. The molecule has 0 radical (unpaired) electrons. The molecule has 5 nitrogen and oxygen atoms in total. The average molecular weight is 246 g/mol. The molecule has 0 atom stereocenters. The quantitative estimate of drug-likeness (QED) is 0.773. The van der Waals surface area contributed by atoms with Gasteiger partial charge in [0, 0.05) is 6.42 Å². The van der Waals surface area contributed by atoms with Crippen molar-refractivity contribution in [3.63, 3.8) is 0 Å². The summed E-state index contributed by atoms with van der Waals surface area (Å²) in [5.41, 5.74) is 2.24. The van der Waals surface area contributed by atoms with Gasteiger partial charge in [0.15, 0.2) is 5.82 Å². The van der Waals surface area contributed by atoms with Crippen LogP contribution in [0.1, 0.15) is 34.6 Å². The molecule has 2 aromatic rings. The lowest BCUT2D eigenvalue weighted by Crippen LogP contribution is -2.05. The van der Waals surface area contributed by atoms with Crippen LogP contribution in [0.3, 0.4) is 0 Å². The van der Waals surface area contributed by atoms with Gasteiger partial charge in [-0.15, -0.1) is 0 Å². The third-order valence-corrected chi connectivity index (χ3v) is 2.36. The van der Waals surface area contributed by atoms with E-state index in [1.807, 2.05) is 31.2 Å². The zero-order chi connectivity index (χ0) is 13.0. The highest BCUT2D eigenvalue weighted by atomic mass is 16.6. The van der Waals surface area contributed by atoms with Crippen LogP contribution in [0.2, 0.25) is 0 Å². The van der Waals surface area contributed by atoms with Crippen LogP contribution in [0.5, 0.6) is 0 Å². The van der Waals surface area contributed by atoms with Gasteiger partial charge in [0.1, 0.15) is 0 Å². The van der Waals surface area contributed by atoms with E-state index >= 15 is 0 Å². The first-order valence-electron chi connectivity index (χ1n) is 5.74. The van der Waals surface area contributed by atoms with Gasteiger partial charge in [-0.05, 0) is 19.4 Å². The summed E-state index contributed by atoms with van der Waals surface area (Å²) in [6.45, 7) is 4.03. The number of carbonyl (C=O) groups is 1. The molecule has 0 bridgehead atoms. The Morgan fingerprint density at radius 1 is 1.44 bits per heavy atom. The Morgan fingerprint density at radius 3 is 3.00 bits per heavy atom. The molecule has 0 amide bonds. The van der Waals surface area contributed by atoms with Gasteiger partial charge in [0.2, 0.25) is 0 Å². The Labute approximate surface area is 105 Å². The van der Waals surface area contributed by atoms with Crippen LogP contribution in [-0.4, -0.2) is 22.7 Å². The topological polar surface area (TPSA) is 65.2 Å². The highest BCUT2D eigenvalue weighted by Gasteiger charge is 2.16. The van der Waals surface area contributed by atoms with Crippen LogP contribution >= 0.6 is 0 Å². The first-order valence-corrected chi connectivity index (χ1v) is 5.74. The van der Waals surface area contributed by atoms with E-state index in [-0.39, 0.29) is 12.5 Å². The van der Waals surface area contributed by atoms with Crippen molar-refractivity contribution in [2.75, 3.05) is 6.61 Å². The van der Waals surface area contributed by atoms with Gasteiger partial charge in [-0.1, -0.05) is 35.0 Å². The molecule has 0 fully saturated rings. The largest absolute Gasteiger partial charge is 0.459 e. The molecule has 0 spiro atoms. The molecular formula is C13H14N2O3. The van der Waals surface area contributed by atoms with Crippen molar-refractivity contribution in [1.29, 1.82) is 0 Å². The number of benzene rings is 1. The van der Waals surface area contributed by atoms with Crippen molar-refractivity contribution in [1.82, 2.24) is 10.1 Å². The second kappa shape index (κ2) is 5.44. The van der Waals surface area contributed by atoms with Crippen molar-refractivity contribution in [2.45, 2.75) is 20.3 Å². The fourth-order valence-corrected chi connectivity index (χ4v) is 1.61. The number of nitrogens with zero attached hydrogens (tertiary/aromatic N) is 2. The van der Waals surface area contributed by atoms with Gasteiger partial charge in [-0.2, -0.15) is 4.98 Å². The summed E-state index contributed by atoms with van der Waals surface area (Å²) in [4.78, 5) is 15.3. The van der Waals surface area contributed by atoms with Crippen LogP contribution < -0.4 is 0 Å². The lowest BCUT2D eigenvalue weighted by Gasteiger charge is -1.97. The molecule has 0 saturated carbocycles. The number of carbonyl (C=O) groups excluding carboxylic acids is 1. The Balaban J connectivity index is 2.09. The van der Waals surface area contributed by atoms with E-state index in [2.05, 4.69) is 10.1 Å². The zero-order valence-corrected chi connectivity index (χ0v) is 10.3.